The molecule has 0 atom stereocenters. The number of fused-ring (bicyclic) bond motifs is 1. The Morgan fingerprint density at radius 1 is 1.19 bits per heavy atom. The molecule has 4 nitrogen and oxygen atoms in total. The number of Topliss-reactive ketones (excluding diaryl/α,β-unsaturated/α-hetero) is 1. The lowest BCUT2D eigenvalue weighted by molar-refractivity contribution is 0.0982. The highest BCUT2D eigenvalue weighted by Crippen LogP contribution is 2.26. The number of oxazole rings is 1. The van der Waals surface area contributed by atoms with Gasteiger partial charge in [0.05, 0.1) is 5.56 Å². The van der Waals surface area contributed by atoms with E-state index in [1.54, 1.807) is 6.07 Å². The van der Waals surface area contributed by atoms with E-state index < -0.39 is 0 Å². The largest absolute Gasteiger partial charge is 0.434 e. The first-order valence-corrected chi connectivity index (χ1v) is 7.06. The summed E-state index contributed by atoms with van der Waals surface area (Å²) >= 11 is 0. The van der Waals surface area contributed by atoms with Gasteiger partial charge in [-0.1, -0.05) is 25.1 Å². The van der Waals surface area contributed by atoms with Crippen LogP contribution in [0, 0.1) is 6.92 Å². The lowest BCUT2D eigenvalue weighted by Crippen LogP contribution is -2.00. The highest BCUT2D eigenvalue weighted by molar-refractivity contribution is 6.05. The molecule has 2 aromatic heterocycles. The maximum atomic E-state index is 12.2. The van der Waals surface area contributed by atoms with Crippen molar-refractivity contribution in [2.75, 3.05) is 0 Å². The molecule has 1 aromatic carbocycles. The van der Waals surface area contributed by atoms with Gasteiger partial charge in [0.15, 0.2) is 17.0 Å². The van der Waals surface area contributed by atoms with Gasteiger partial charge in [-0.15, -0.1) is 0 Å². The molecule has 0 fully saturated rings. The molecular weight excluding hydrogens is 264 g/mol. The van der Waals surface area contributed by atoms with E-state index in [9.17, 15) is 4.79 Å². The molecule has 0 spiro atoms. The molecule has 0 aliphatic heterocycles. The molecule has 0 saturated heterocycles. The molecule has 0 saturated carbocycles. The highest BCUT2D eigenvalue weighted by atomic mass is 16.3. The molecule has 21 heavy (non-hydrogen) atoms. The van der Waals surface area contributed by atoms with E-state index in [-0.39, 0.29) is 5.78 Å². The number of nitrogens with zero attached hydrogens (tertiary/aromatic N) is 2. The number of aryl methyl sites for hydroxylation is 1. The van der Waals surface area contributed by atoms with Gasteiger partial charge in [0, 0.05) is 17.7 Å². The molecule has 4 heteroatoms. The molecular formula is C17H16N2O2. The van der Waals surface area contributed by atoms with Crippen molar-refractivity contribution >= 4 is 17.0 Å². The Morgan fingerprint density at radius 3 is 2.67 bits per heavy atom. The standard InChI is InChI=1S/C17H16N2O2/c1-3-7-14(20)13-10-11(2)18-16-15(13)21-17(19-16)12-8-5-4-6-9-12/h4-6,8-10H,3,7H2,1-2H3. The van der Waals surface area contributed by atoms with Crippen LogP contribution in [-0.2, 0) is 0 Å². The summed E-state index contributed by atoms with van der Waals surface area (Å²) in [6, 6.07) is 11.4. The maximum absolute atomic E-state index is 12.2. The van der Waals surface area contributed by atoms with E-state index >= 15 is 0 Å². The van der Waals surface area contributed by atoms with Crippen LogP contribution in [0.4, 0.5) is 0 Å². The second kappa shape index (κ2) is 5.48. The Balaban J connectivity index is 2.17. The zero-order chi connectivity index (χ0) is 14.8. The highest BCUT2D eigenvalue weighted by Gasteiger charge is 2.17. The predicted molar refractivity (Wildman–Crippen MR) is 81.2 cm³/mol. The van der Waals surface area contributed by atoms with Gasteiger partial charge in [-0.05, 0) is 31.5 Å². The molecule has 0 aliphatic carbocycles. The Kier molecular flexibility index (Phi) is 3.52. The Morgan fingerprint density at radius 2 is 1.95 bits per heavy atom. The van der Waals surface area contributed by atoms with Crippen LogP contribution in [0.3, 0.4) is 0 Å². The SMILES string of the molecule is CCCC(=O)c1cc(C)nc2nc(-c3ccccc3)oc12. The summed E-state index contributed by atoms with van der Waals surface area (Å²) < 4.78 is 5.81. The number of aromatic nitrogens is 2. The van der Waals surface area contributed by atoms with Crippen LogP contribution in [0.1, 0.15) is 35.8 Å². The summed E-state index contributed by atoms with van der Waals surface area (Å²) in [7, 11) is 0. The van der Waals surface area contributed by atoms with Gasteiger partial charge >= 0.3 is 0 Å². The average molecular weight is 280 g/mol. The second-order valence-electron chi connectivity index (χ2n) is 5.02. The Hall–Kier alpha value is -2.49. The quantitative estimate of drug-likeness (QED) is 0.673. The smallest absolute Gasteiger partial charge is 0.228 e. The van der Waals surface area contributed by atoms with Crippen LogP contribution in [0.2, 0.25) is 0 Å². The van der Waals surface area contributed by atoms with Crippen molar-refractivity contribution in [2.24, 2.45) is 0 Å². The summed E-state index contributed by atoms with van der Waals surface area (Å²) in [5.41, 5.74) is 3.21. The fourth-order valence-corrected chi connectivity index (χ4v) is 2.31. The fraction of sp³-hybridized carbons (Fsp3) is 0.235. The van der Waals surface area contributed by atoms with E-state index in [4.69, 9.17) is 4.42 Å². The van der Waals surface area contributed by atoms with Crippen molar-refractivity contribution in [1.82, 2.24) is 9.97 Å². The minimum atomic E-state index is 0.0729. The Bertz CT molecular complexity index is 791. The number of carbonyl (C=O) groups is 1. The molecule has 3 rings (SSSR count). The molecule has 0 aliphatic rings. The van der Waals surface area contributed by atoms with Crippen molar-refractivity contribution in [1.29, 1.82) is 0 Å². The zero-order valence-electron chi connectivity index (χ0n) is 12.1. The third-order valence-electron chi connectivity index (χ3n) is 3.29. The van der Waals surface area contributed by atoms with Gasteiger partial charge in [-0.3, -0.25) is 4.79 Å². The first-order valence-electron chi connectivity index (χ1n) is 7.06. The van der Waals surface area contributed by atoms with E-state index in [1.807, 2.05) is 44.2 Å². The molecule has 0 bridgehead atoms. The third-order valence-corrected chi connectivity index (χ3v) is 3.29. The minimum Gasteiger partial charge on any atom is -0.434 e. The van der Waals surface area contributed by atoms with Crippen molar-refractivity contribution in [3.63, 3.8) is 0 Å². The van der Waals surface area contributed by atoms with Crippen LogP contribution < -0.4 is 0 Å². The van der Waals surface area contributed by atoms with Gasteiger partial charge in [0.25, 0.3) is 0 Å². The van der Waals surface area contributed by atoms with Gasteiger partial charge < -0.3 is 4.42 Å². The number of carbonyl (C=O) groups excluding carboxylic acids is 1. The van der Waals surface area contributed by atoms with E-state index in [1.165, 1.54) is 0 Å². The lowest BCUT2D eigenvalue weighted by atomic mass is 10.1. The van der Waals surface area contributed by atoms with Gasteiger partial charge in [0.1, 0.15) is 0 Å². The average Bonchev–Trinajstić information content (AvgIpc) is 2.91. The normalized spacial score (nSPS) is 11.0. The van der Waals surface area contributed by atoms with Gasteiger partial charge in [-0.2, -0.15) is 4.98 Å². The minimum absolute atomic E-state index is 0.0729. The number of rotatable bonds is 4. The summed E-state index contributed by atoms with van der Waals surface area (Å²) in [4.78, 5) is 21.0. The van der Waals surface area contributed by atoms with Gasteiger partial charge in [-0.25, -0.2) is 4.98 Å². The second-order valence-corrected chi connectivity index (χ2v) is 5.02. The van der Waals surface area contributed by atoms with Gasteiger partial charge in [0.2, 0.25) is 5.89 Å². The topological polar surface area (TPSA) is 56.0 Å². The number of benzene rings is 1. The lowest BCUT2D eigenvalue weighted by Gasteiger charge is -2.00. The van der Waals surface area contributed by atoms with Crippen molar-refractivity contribution in [3.05, 3.63) is 47.7 Å². The van der Waals surface area contributed by atoms with Crippen molar-refractivity contribution < 1.29 is 9.21 Å². The maximum Gasteiger partial charge on any atom is 0.228 e. The summed E-state index contributed by atoms with van der Waals surface area (Å²) in [5, 5.41) is 0. The monoisotopic (exact) mass is 280 g/mol. The number of hydrogen-bond acceptors (Lipinski definition) is 4. The van der Waals surface area contributed by atoms with Crippen molar-refractivity contribution in [3.8, 4) is 11.5 Å². The Labute approximate surface area is 122 Å². The fourth-order valence-electron chi connectivity index (χ4n) is 2.31. The van der Waals surface area contributed by atoms with Crippen molar-refractivity contribution in [2.45, 2.75) is 26.7 Å². The van der Waals surface area contributed by atoms with E-state index in [2.05, 4.69) is 9.97 Å². The zero-order valence-corrected chi connectivity index (χ0v) is 12.1. The summed E-state index contributed by atoms with van der Waals surface area (Å²) in [6.07, 6.45) is 1.31. The summed E-state index contributed by atoms with van der Waals surface area (Å²) in [5.74, 6) is 0.568. The van der Waals surface area contributed by atoms with Crippen LogP contribution >= 0.6 is 0 Å². The molecule has 0 radical (unpaired) electrons. The van der Waals surface area contributed by atoms with Crippen LogP contribution in [0.5, 0.6) is 0 Å². The van der Waals surface area contributed by atoms with E-state index in [0.29, 0.717) is 29.1 Å². The molecule has 106 valence electrons. The third kappa shape index (κ3) is 2.57. The first-order chi connectivity index (χ1) is 10.2. The van der Waals surface area contributed by atoms with Crippen LogP contribution in [-0.4, -0.2) is 15.8 Å². The molecule has 2 heterocycles. The van der Waals surface area contributed by atoms with Crippen LogP contribution in [0.25, 0.3) is 22.7 Å². The summed E-state index contributed by atoms with van der Waals surface area (Å²) in [6.45, 7) is 3.85. The number of pyridine rings is 1. The first kappa shape index (κ1) is 13.5. The number of hydrogen-bond donors (Lipinski definition) is 0. The van der Waals surface area contributed by atoms with Crippen LogP contribution in [0.15, 0.2) is 40.8 Å². The predicted octanol–water partition coefficient (Wildman–Crippen LogP) is 4.18. The van der Waals surface area contributed by atoms with E-state index in [0.717, 1.165) is 17.7 Å². The molecule has 0 amide bonds. The number of ketones is 1. The molecule has 0 N–H and O–H groups in total. The molecule has 3 aromatic rings. The molecule has 0 unspecified atom stereocenters.